The van der Waals surface area contributed by atoms with Crippen LogP contribution in [0.4, 0.5) is 4.39 Å². The number of carbonyl (C=O) groups excluding carboxylic acids is 1. The van der Waals surface area contributed by atoms with Crippen LogP contribution >= 0.6 is 0 Å². The Balaban J connectivity index is 0.000000258. The lowest BCUT2D eigenvalue weighted by Gasteiger charge is -2.34. The molecule has 0 radical (unpaired) electrons. The molecule has 1 fully saturated rings. The summed E-state index contributed by atoms with van der Waals surface area (Å²) >= 11 is 0. The summed E-state index contributed by atoms with van der Waals surface area (Å²) in [5.74, 6) is 0.368. The van der Waals surface area contributed by atoms with Gasteiger partial charge in [-0.2, -0.15) is 0 Å². The van der Waals surface area contributed by atoms with Crippen molar-refractivity contribution in [1.29, 1.82) is 0 Å². The topological polar surface area (TPSA) is 36.4 Å². The largest absolute Gasteiger partial charge is 0.340 e. The van der Waals surface area contributed by atoms with E-state index in [1.807, 2.05) is 11.0 Å². The van der Waals surface area contributed by atoms with Gasteiger partial charge < -0.3 is 9.80 Å². The van der Waals surface area contributed by atoms with Crippen molar-refractivity contribution < 1.29 is 9.18 Å². The van der Waals surface area contributed by atoms with Crippen molar-refractivity contribution in [3.8, 4) is 0 Å². The Morgan fingerprint density at radius 1 is 1.11 bits per heavy atom. The fourth-order valence-electron chi connectivity index (χ4n) is 4.27. The second kappa shape index (κ2) is 14.6. The van der Waals surface area contributed by atoms with E-state index in [9.17, 15) is 9.18 Å². The Morgan fingerprint density at radius 3 is 2.34 bits per heavy atom. The number of pyridine rings is 1. The zero-order chi connectivity index (χ0) is 25.8. The molecule has 0 N–H and O–H groups in total. The second-order valence-electron chi connectivity index (χ2n) is 9.41. The molecule has 0 spiro atoms. The van der Waals surface area contributed by atoms with Crippen molar-refractivity contribution in [3.63, 3.8) is 0 Å². The lowest BCUT2D eigenvalue weighted by molar-refractivity contribution is -0.137. The molecule has 0 bridgehead atoms. The molecule has 35 heavy (non-hydrogen) atoms. The third-order valence-corrected chi connectivity index (χ3v) is 6.63. The molecule has 190 valence electrons. The fourth-order valence-corrected chi connectivity index (χ4v) is 4.27. The van der Waals surface area contributed by atoms with Gasteiger partial charge in [-0.3, -0.25) is 9.78 Å². The van der Waals surface area contributed by atoms with E-state index in [1.165, 1.54) is 17.3 Å². The van der Waals surface area contributed by atoms with Crippen LogP contribution in [0.3, 0.4) is 0 Å². The molecule has 5 heteroatoms. The number of aromatic nitrogens is 1. The van der Waals surface area contributed by atoms with Crippen molar-refractivity contribution in [2.24, 2.45) is 5.92 Å². The zero-order valence-electron chi connectivity index (χ0n) is 22.2. The number of benzene rings is 1. The molecular weight excluding hydrogens is 437 g/mol. The monoisotopic (exact) mass is 479 g/mol. The van der Waals surface area contributed by atoms with Crippen LogP contribution in [0.2, 0.25) is 0 Å². The number of likely N-dealkylation sites (N-methyl/N-ethyl adjacent to an activating group) is 1. The van der Waals surface area contributed by atoms with Gasteiger partial charge in [0.15, 0.2) is 0 Å². The molecule has 1 saturated heterocycles. The predicted octanol–water partition coefficient (Wildman–Crippen LogP) is 6.24. The van der Waals surface area contributed by atoms with Gasteiger partial charge in [-0.25, -0.2) is 4.39 Å². The van der Waals surface area contributed by atoms with Crippen LogP contribution in [0.25, 0.3) is 5.57 Å². The van der Waals surface area contributed by atoms with E-state index < -0.39 is 0 Å². The maximum Gasteiger partial charge on any atom is 0.225 e. The summed E-state index contributed by atoms with van der Waals surface area (Å²) < 4.78 is 13.7. The minimum absolute atomic E-state index is 0.262. The summed E-state index contributed by atoms with van der Waals surface area (Å²) in [6.45, 7) is 15.7. The third-order valence-electron chi connectivity index (χ3n) is 6.63. The van der Waals surface area contributed by atoms with E-state index in [-0.39, 0.29) is 11.7 Å². The van der Waals surface area contributed by atoms with Crippen molar-refractivity contribution in [1.82, 2.24) is 14.8 Å². The number of nitrogens with zero attached hydrogens (tertiary/aromatic N) is 3. The lowest BCUT2D eigenvalue weighted by Crippen LogP contribution is -2.49. The summed E-state index contributed by atoms with van der Waals surface area (Å²) in [5, 5.41) is 0. The van der Waals surface area contributed by atoms with Gasteiger partial charge in [-0.15, -0.1) is 0 Å². The van der Waals surface area contributed by atoms with Gasteiger partial charge in [0.2, 0.25) is 5.91 Å². The van der Waals surface area contributed by atoms with Crippen LogP contribution in [0.1, 0.15) is 55.4 Å². The van der Waals surface area contributed by atoms with Crippen molar-refractivity contribution in [2.45, 2.75) is 53.4 Å². The highest BCUT2D eigenvalue weighted by Gasteiger charge is 2.24. The molecule has 1 aliphatic rings. The van der Waals surface area contributed by atoms with E-state index in [0.717, 1.165) is 63.0 Å². The van der Waals surface area contributed by atoms with Crippen molar-refractivity contribution in [2.75, 3.05) is 33.2 Å². The highest BCUT2D eigenvalue weighted by molar-refractivity contribution is 5.78. The molecular formula is C30H42FN3O. The highest BCUT2D eigenvalue weighted by Crippen LogP contribution is 2.24. The first-order valence-corrected chi connectivity index (χ1v) is 12.8. The zero-order valence-corrected chi connectivity index (χ0v) is 22.2. The Hall–Kier alpha value is -2.79. The van der Waals surface area contributed by atoms with E-state index in [1.54, 1.807) is 19.2 Å². The number of allylic oxidation sites excluding steroid dienone is 3. The maximum absolute atomic E-state index is 13.7. The number of rotatable bonds is 8. The Bertz CT molecular complexity index is 976. The highest BCUT2D eigenvalue weighted by atomic mass is 19.1. The SMILES string of the molecule is C=C/C=C(/Cc1ccc(C)cc1)c1cncc(F)c1C.CCCC(CC)C(=O)N1CCN(C)CC1. The average molecular weight is 480 g/mol. The maximum atomic E-state index is 13.7. The summed E-state index contributed by atoms with van der Waals surface area (Å²) in [7, 11) is 2.12. The molecule has 1 aromatic heterocycles. The first kappa shape index (κ1) is 28.4. The van der Waals surface area contributed by atoms with Crippen LogP contribution in [0.15, 0.2) is 55.4 Å². The summed E-state index contributed by atoms with van der Waals surface area (Å²) in [6, 6.07) is 8.34. The van der Waals surface area contributed by atoms with E-state index in [4.69, 9.17) is 0 Å². The number of amides is 1. The van der Waals surface area contributed by atoms with Gasteiger partial charge in [0.05, 0.1) is 6.20 Å². The molecule has 2 aromatic rings. The van der Waals surface area contributed by atoms with Crippen LogP contribution in [-0.2, 0) is 11.2 Å². The second-order valence-corrected chi connectivity index (χ2v) is 9.41. The van der Waals surface area contributed by atoms with Crippen LogP contribution in [0, 0.1) is 25.6 Å². The smallest absolute Gasteiger partial charge is 0.225 e. The standard InChI is InChI=1S/C18H18FN.C12H24N2O/c1-4-5-16(10-15-8-6-13(2)7-9-15)17-11-20-12-18(19)14(17)3;1-4-6-11(5-2)12(15)14-9-7-13(3)8-10-14/h4-9,11-12H,1,10H2,2-3H3;11H,4-10H2,1-3H3/b16-5-;. The predicted molar refractivity (Wildman–Crippen MR) is 145 cm³/mol. The van der Waals surface area contributed by atoms with Crippen molar-refractivity contribution in [3.05, 3.63) is 83.5 Å². The number of halogens is 1. The van der Waals surface area contributed by atoms with Crippen LogP contribution < -0.4 is 0 Å². The molecule has 1 unspecified atom stereocenters. The summed E-state index contributed by atoms with van der Waals surface area (Å²) in [6.07, 6.45) is 10.5. The van der Waals surface area contributed by atoms with Crippen LogP contribution in [-0.4, -0.2) is 53.9 Å². The molecule has 1 atom stereocenters. The lowest BCUT2D eigenvalue weighted by atomic mass is 9.95. The molecule has 3 rings (SSSR count). The van der Waals surface area contributed by atoms with Crippen molar-refractivity contribution >= 4 is 11.5 Å². The molecule has 1 aromatic carbocycles. The summed E-state index contributed by atoms with van der Waals surface area (Å²) in [5.41, 5.74) is 4.90. The number of carbonyl (C=O) groups is 1. The van der Waals surface area contributed by atoms with E-state index >= 15 is 0 Å². The van der Waals surface area contributed by atoms with Gasteiger partial charge in [0.1, 0.15) is 5.82 Å². The first-order chi connectivity index (χ1) is 16.8. The number of aryl methyl sites for hydroxylation is 1. The van der Waals surface area contributed by atoms with Gasteiger partial charge in [0, 0.05) is 43.9 Å². The Labute approximate surface area is 211 Å². The van der Waals surface area contributed by atoms with Gasteiger partial charge >= 0.3 is 0 Å². The average Bonchev–Trinajstić information content (AvgIpc) is 2.86. The molecule has 4 nitrogen and oxygen atoms in total. The minimum atomic E-state index is -0.277. The molecule has 0 saturated carbocycles. The number of piperazine rings is 1. The third kappa shape index (κ3) is 8.74. The molecule has 0 aliphatic carbocycles. The quantitative estimate of drug-likeness (QED) is 0.421. The molecule has 1 aliphatic heterocycles. The number of hydrogen-bond donors (Lipinski definition) is 0. The number of hydrogen-bond acceptors (Lipinski definition) is 3. The summed E-state index contributed by atoms with van der Waals surface area (Å²) in [4.78, 5) is 20.4. The fraction of sp³-hybridized carbons (Fsp3) is 0.467. The van der Waals surface area contributed by atoms with Gasteiger partial charge in [-0.05, 0) is 56.9 Å². The first-order valence-electron chi connectivity index (χ1n) is 12.8. The Kier molecular flexibility index (Phi) is 11.8. The molecule has 1 amide bonds. The normalized spacial score (nSPS) is 15.3. The Morgan fingerprint density at radius 2 is 1.77 bits per heavy atom. The van der Waals surface area contributed by atoms with Crippen LogP contribution in [0.5, 0.6) is 0 Å². The van der Waals surface area contributed by atoms with Gasteiger partial charge in [0.25, 0.3) is 0 Å². The molecule has 2 heterocycles. The minimum Gasteiger partial charge on any atom is -0.340 e. The van der Waals surface area contributed by atoms with Gasteiger partial charge in [-0.1, -0.05) is 68.8 Å². The van der Waals surface area contributed by atoms with E-state index in [2.05, 4.69) is 68.5 Å². The van der Waals surface area contributed by atoms with E-state index in [0.29, 0.717) is 11.5 Å².